The first kappa shape index (κ1) is 13.7. The van der Waals surface area contributed by atoms with E-state index in [0.29, 0.717) is 11.6 Å². The van der Waals surface area contributed by atoms with E-state index in [1.807, 2.05) is 29.2 Å². The van der Waals surface area contributed by atoms with Crippen LogP contribution in [0.25, 0.3) is 5.69 Å². The van der Waals surface area contributed by atoms with Gasteiger partial charge in [-0.2, -0.15) is 0 Å². The fourth-order valence-electron chi connectivity index (χ4n) is 2.92. The summed E-state index contributed by atoms with van der Waals surface area (Å²) in [6.07, 6.45) is 5.95. The highest BCUT2D eigenvalue weighted by Gasteiger charge is 2.26. The van der Waals surface area contributed by atoms with E-state index < -0.39 is 0 Å². The Bertz CT molecular complexity index is 610. The van der Waals surface area contributed by atoms with Gasteiger partial charge >= 0.3 is 0 Å². The fourth-order valence-corrected chi connectivity index (χ4v) is 2.92. The number of aromatic nitrogens is 4. The van der Waals surface area contributed by atoms with Crippen molar-refractivity contribution < 1.29 is 4.79 Å². The number of tetrazole rings is 1. The second-order valence-electron chi connectivity index (χ2n) is 5.36. The predicted molar refractivity (Wildman–Crippen MR) is 78.1 cm³/mol. The zero-order valence-electron chi connectivity index (χ0n) is 12.1. The van der Waals surface area contributed by atoms with E-state index in [4.69, 9.17) is 0 Å². The Morgan fingerprint density at radius 2 is 2.29 bits per heavy atom. The Labute approximate surface area is 123 Å². The van der Waals surface area contributed by atoms with Crippen LogP contribution >= 0.6 is 0 Å². The minimum Gasteiger partial charge on any atom is -0.336 e. The zero-order valence-corrected chi connectivity index (χ0v) is 12.1. The summed E-state index contributed by atoms with van der Waals surface area (Å²) in [4.78, 5) is 14.8. The van der Waals surface area contributed by atoms with Crippen molar-refractivity contribution in [3.63, 3.8) is 0 Å². The molecule has 0 N–H and O–H groups in total. The van der Waals surface area contributed by atoms with Gasteiger partial charge in [-0.05, 0) is 54.3 Å². The molecule has 1 aliphatic heterocycles. The van der Waals surface area contributed by atoms with Crippen LogP contribution in [-0.4, -0.2) is 43.6 Å². The molecule has 1 aliphatic rings. The van der Waals surface area contributed by atoms with Crippen LogP contribution in [0.3, 0.4) is 0 Å². The van der Waals surface area contributed by atoms with Crippen LogP contribution in [0.15, 0.2) is 30.6 Å². The first-order chi connectivity index (χ1) is 10.3. The molecule has 3 rings (SSSR count). The van der Waals surface area contributed by atoms with Gasteiger partial charge in [0.15, 0.2) is 0 Å². The van der Waals surface area contributed by atoms with Crippen molar-refractivity contribution in [1.29, 1.82) is 0 Å². The van der Waals surface area contributed by atoms with Gasteiger partial charge in [0.25, 0.3) is 5.91 Å². The van der Waals surface area contributed by atoms with E-state index in [1.54, 1.807) is 4.68 Å². The number of carbonyl (C=O) groups is 1. The molecule has 1 aromatic carbocycles. The van der Waals surface area contributed by atoms with Crippen LogP contribution in [-0.2, 0) is 0 Å². The molecule has 1 amide bonds. The van der Waals surface area contributed by atoms with Crippen molar-refractivity contribution in [1.82, 2.24) is 25.1 Å². The first-order valence-corrected chi connectivity index (χ1v) is 7.44. The van der Waals surface area contributed by atoms with E-state index >= 15 is 0 Å². The van der Waals surface area contributed by atoms with Crippen molar-refractivity contribution in [2.24, 2.45) is 0 Å². The zero-order chi connectivity index (χ0) is 14.7. The summed E-state index contributed by atoms with van der Waals surface area (Å²) in [5.74, 6) is 0.108. The lowest BCUT2D eigenvalue weighted by atomic mass is 9.99. The molecule has 2 heterocycles. The molecule has 0 aliphatic carbocycles. The fraction of sp³-hybridized carbons (Fsp3) is 0.467. The molecule has 1 saturated heterocycles. The minimum absolute atomic E-state index is 0.108. The molecule has 0 saturated carbocycles. The van der Waals surface area contributed by atoms with Crippen LogP contribution in [0, 0.1) is 0 Å². The summed E-state index contributed by atoms with van der Waals surface area (Å²) in [5, 5.41) is 11.1. The molecule has 6 nitrogen and oxygen atoms in total. The first-order valence-electron chi connectivity index (χ1n) is 7.44. The number of rotatable bonds is 3. The van der Waals surface area contributed by atoms with Crippen molar-refractivity contribution >= 4 is 5.91 Å². The quantitative estimate of drug-likeness (QED) is 0.866. The molecule has 1 aromatic heterocycles. The van der Waals surface area contributed by atoms with Crippen molar-refractivity contribution in [3.8, 4) is 5.69 Å². The summed E-state index contributed by atoms with van der Waals surface area (Å²) >= 11 is 0. The van der Waals surface area contributed by atoms with Gasteiger partial charge in [0.1, 0.15) is 6.33 Å². The summed E-state index contributed by atoms with van der Waals surface area (Å²) in [6, 6.07) is 7.83. The van der Waals surface area contributed by atoms with Crippen LogP contribution in [0.5, 0.6) is 0 Å². The summed E-state index contributed by atoms with van der Waals surface area (Å²) in [7, 11) is 0. The van der Waals surface area contributed by atoms with Gasteiger partial charge in [0.05, 0.1) is 5.69 Å². The maximum Gasteiger partial charge on any atom is 0.254 e. The summed E-state index contributed by atoms with van der Waals surface area (Å²) < 4.78 is 1.56. The second-order valence-corrected chi connectivity index (χ2v) is 5.36. The van der Waals surface area contributed by atoms with Crippen molar-refractivity contribution in [2.75, 3.05) is 6.54 Å². The van der Waals surface area contributed by atoms with E-state index in [9.17, 15) is 4.79 Å². The van der Waals surface area contributed by atoms with Crippen LogP contribution in [0.2, 0.25) is 0 Å². The lowest BCUT2D eigenvalue weighted by Gasteiger charge is -2.35. The molecule has 6 heteroatoms. The van der Waals surface area contributed by atoms with Gasteiger partial charge in [-0.15, -0.1) is 5.10 Å². The number of amides is 1. The number of likely N-dealkylation sites (tertiary alicyclic amines) is 1. The van der Waals surface area contributed by atoms with E-state index in [1.165, 1.54) is 12.7 Å². The highest BCUT2D eigenvalue weighted by molar-refractivity contribution is 5.95. The molecular formula is C15H19N5O. The lowest BCUT2D eigenvalue weighted by molar-refractivity contribution is 0.0608. The molecule has 1 atom stereocenters. The molecule has 21 heavy (non-hydrogen) atoms. The van der Waals surface area contributed by atoms with Gasteiger partial charge in [0, 0.05) is 18.2 Å². The minimum atomic E-state index is 0.108. The number of carbonyl (C=O) groups excluding carboxylic acids is 1. The molecule has 110 valence electrons. The highest BCUT2D eigenvalue weighted by atomic mass is 16.2. The number of hydrogen-bond donors (Lipinski definition) is 0. The van der Waals surface area contributed by atoms with Gasteiger partial charge in [-0.3, -0.25) is 4.79 Å². The van der Waals surface area contributed by atoms with E-state index in [-0.39, 0.29) is 5.91 Å². The number of piperidine rings is 1. The third-order valence-corrected chi connectivity index (χ3v) is 4.07. The molecular weight excluding hydrogens is 266 g/mol. The summed E-state index contributed by atoms with van der Waals surface area (Å²) in [5.41, 5.74) is 1.50. The Balaban J connectivity index is 1.86. The molecule has 1 unspecified atom stereocenters. The third-order valence-electron chi connectivity index (χ3n) is 4.07. The van der Waals surface area contributed by atoms with Crippen LogP contribution < -0.4 is 0 Å². The monoisotopic (exact) mass is 285 g/mol. The number of hydrogen-bond acceptors (Lipinski definition) is 4. The van der Waals surface area contributed by atoms with Gasteiger partial charge in [-0.1, -0.05) is 13.0 Å². The number of nitrogens with zero attached hydrogens (tertiary/aromatic N) is 5. The van der Waals surface area contributed by atoms with E-state index in [0.717, 1.165) is 31.5 Å². The molecule has 2 aromatic rings. The predicted octanol–water partition coefficient (Wildman–Crippen LogP) is 2.07. The van der Waals surface area contributed by atoms with Crippen LogP contribution in [0.1, 0.15) is 43.0 Å². The highest BCUT2D eigenvalue weighted by Crippen LogP contribution is 2.22. The Morgan fingerprint density at radius 1 is 1.38 bits per heavy atom. The standard InChI is InChI=1S/C15H19N5O/c1-2-13-7-3-4-9-19(13)15(21)12-6-5-8-14(10-12)20-11-16-17-18-20/h5-6,8,10-11,13H,2-4,7,9H2,1H3. The van der Waals surface area contributed by atoms with Crippen molar-refractivity contribution in [2.45, 2.75) is 38.6 Å². The molecule has 0 radical (unpaired) electrons. The van der Waals surface area contributed by atoms with Gasteiger partial charge in [-0.25, -0.2) is 4.68 Å². The Morgan fingerprint density at radius 3 is 3.05 bits per heavy atom. The molecule has 0 spiro atoms. The van der Waals surface area contributed by atoms with E-state index in [2.05, 4.69) is 22.4 Å². The SMILES string of the molecule is CCC1CCCCN1C(=O)c1cccc(-n2cnnn2)c1. The van der Waals surface area contributed by atoms with Crippen LogP contribution in [0.4, 0.5) is 0 Å². The maximum absolute atomic E-state index is 12.8. The Kier molecular flexibility index (Phi) is 3.94. The third kappa shape index (κ3) is 2.79. The second kappa shape index (κ2) is 6.03. The largest absolute Gasteiger partial charge is 0.336 e. The average molecular weight is 285 g/mol. The smallest absolute Gasteiger partial charge is 0.254 e. The Hall–Kier alpha value is -2.24. The average Bonchev–Trinajstić information content (AvgIpc) is 3.09. The van der Waals surface area contributed by atoms with Gasteiger partial charge in [0.2, 0.25) is 0 Å². The van der Waals surface area contributed by atoms with Crippen molar-refractivity contribution in [3.05, 3.63) is 36.2 Å². The molecule has 1 fully saturated rings. The lowest BCUT2D eigenvalue weighted by Crippen LogP contribution is -2.43. The maximum atomic E-state index is 12.8. The number of benzene rings is 1. The summed E-state index contributed by atoms with van der Waals surface area (Å²) in [6.45, 7) is 3.00. The topological polar surface area (TPSA) is 63.9 Å². The normalized spacial score (nSPS) is 18.7. The molecule has 0 bridgehead atoms. The van der Waals surface area contributed by atoms with Gasteiger partial charge < -0.3 is 4.90 Å².